The number of rotatable bonds is 4. The molecule has 0 saturated carbocycles. The molecule has 0 fully saturated rings. The molecule has 1 heterocycles. The van der Waals surface area contributed by atoms with Crippen molar-refractivity contribution in [1.82, 2.24) is 9.88 Å². The quantitative estimate of drug-likeness (QED) is 0.902. The lowest BCUT2D eigenvalue weighted by molar-refractivity contribution is -0.115. The second kappa shape index (κ2) is 6.26. The molecule has 1 aromatic carbocycles. The van der Waals surface area contributed by atoms with E-state index >= 15 is 0 Å². The molecule has 0 unspecified atom stereocenters. The summed E-state index contributed by atoms with van der Waals surface area (Å²) in [5.41, 5.74) is 3.32. The van der Waals surface area contributed by atoms with Crippen LogP contribution in [0.1, 0.15) is 21.6 Å². The Morgan fingerprint density at radius 2 is 1.76 bits per heavy atom. The molecule has 0 aliphatic heterocycles. The molecule has 0 saturated heterocycles. The van der Waals surface area contributed by atoms with Crippen molar-refractivity contribution in [3.63, 3.8) is 0 Å². The van der Waals surface area contributed by atoms with Crippen LogP contribution in [-0.2, 0) is 11.8 Å². The summed E-state index contributed by atoms with van der Waals surface area (Å²) in [7, 11) is 1.78. The lowest BCUT2D eigenvalue weighted by Crippen LogP contribution is -2.34. The van der Waals surface area contributed by atoms with E-state index in [0.29, 0.717) is 5.69 Å². The number of amides is 2. The number of hydrogen-bond donors (Lipinski definition) is 2. The average Bonchev–Trinajstić information content (AvgIpc) is 2.87. The van der Waals surface area contributed by atoms with Gasteiger partial charge in [0.2, 0.25) is 5.91 Å². The fraction of sp³-hybridized carbons (Fsp3) is 0.250. The molecule has 0 radical (unpaired) electrons. The minimum atomic E-state index is -0.265. The molecular weight excluding hydrogens is 266 g/mol. The molecule has 5 heteroatoms. The van der Waals surface area contributed by atoms with Crippen molar-refractivity contribution in [2.45, 2.75) is 13.8 Å². The summed E-state index contributed by atoms with van der Waals surface area (Å²) in [6.07, 6.45) is 1.78. The number of carbonyl (C=O) groups is 2. The van der Waals surface area contributed by atoms with Gasteiger partial charge in [0.25, 0.3) is 5.91 Å². The highest BCUT2D eigenvalue weighted by atomic mass is 16.2. The summed E-state index contributed by atoms with van der Waals surface area (Å²) in [5, 5.41) is 5.45. The highest BCUT2D eigenvalue weighted by Crippen LogP contribution is 2.18. The molecule has 5 nitrogen and oxygen atoms in total. The van der Waals surface area contributed by atoms with Crippen LogP contribution in [0.4, 0.5) is 5.69 Å². The standard InChI is InChI=1S/C16H19N3O2/c1-11-6-4-7-12(2)15(11)18-14(20)10-17-16(21)13-8-5-9-19(13)3/h4-9H,10H2,1-3H3,(H,17,21)(H,18,20). The molecule has 2 amide bonds. The lowest BCUT2D eigenvalue weighted by Gasteiger charge is -2.12. The number of anilines is 1. The van der Waals surface area contributed by atoms with Crippen LogP contribution in [0.2, 0.25) is 0 Å². The van der Waals surface area contributed by atoms with E-state index in [1.54, 1.807) is 29.9 Å². The molecule has 0 aliphatic rings. The molecule has 2 rings (SSSR count). The van der Waals surface area contributed by atoms with Crippen LogP contribution in [0, 0.1) is 13.8 Å². The Balaban J connectivity index is 1.94. The van der Waals surface area contributed by atoms with Crippen LogP contribution in [0.25, 0.3) is 0 Å². The first-order valence-electron chi connectivity index (χ1n) is 6.74. The van der Waals surface area contributed by atoms with Crippen molar-refractivity contribution in [2.24, 2.45) is 7.05 Å². The number of nitrogens with one attached hydrogen (secondary N) is 2. The maximum atomic E-state index is 11.9. The van der Waals surface area contributed by atoms with Gasteiger partial charge in [-0.1, -0.05) is 18.2 Å². The first kappa shape index (κ1) is 14.8. The van der Waals surface area contributed by atoms with Crippen LogP contribution in [0.15, 0.2) is 36.5 Å². The van der Waals surface area contributed by atoms with Crippen LogP contribution in [0.3, 0.4) is 0 Å². The Hall–Kier alpha value is -2.56. The summed E-state index contributed by atoms with van der Waals surface area (Å²) < 4.78 is 1.71. The van der Waals surface area contributed by atoms with Gasteiger partial charge in [-0.05, 0) is 37.1 Å². The molecule has 0 bridgehead atoms. The number of aromatic nitrogens is 1. The van der Waals surface area contributed by atoms with Gasteiger partial charge in [-0.25, -0.2) is 0 Å². The Kier molecular flexibility index (Phi) is 4.42. The second-order valence-corrected chi connectivity index (χ2v) is 5.00. The maximum absolute atomic E-state index is 11.9. The van der Waals surface area contributed by atoms with Crippen molar-refractivity contribution in [3.05, 3.63) is 53.3 Å². The number of benzene rings is 1. The molecule has 0 aliphatic carbocycles. The van der Waals surface area contributed by atoms with E-state index in [-0.39, 0.29) is 18.4 Å². The predicted molar refractivity (Wildman–Crippen MR) is 82.3 cm³/mol. The van der Waals surface area contributed by atoms with Crippen LogP contribution >= 0.6 is 0 Å². The normalized spacial score (nSPS) is 10.2. The lowest BCUT2D eigenvalue weighted by atomic mass is 10.1. The smallest absolute Gasteiger partial charge is 0.268 e. The van der Waals surface area contributed by atoms with Crippen molar-refractivity contribution in [1.29, 1.82) is 0 Å². The number of hydrogen-bond acceptors (Lipinski definition) is 2. The van der Waals surface area contributed by atoms with E-state index in [4.69, 9.17) is 0 Å². The zero-order valence-electron chi connectivity index (χ0n) is 12.4. The molecule has 0 spiro atoms. The third-order valence-electron chi connectivity index (χ3n) is 3.33. The Labute approximate surface area is 124 Å². The third kappa shape index (κ3) is 3.51. The number of carbonyl (C=O) groups excluding carboxylic acids is 2. The third-order valence-corrected chi connectivity index (χ3v) is 3.33. The van der Waals surface area contributed by atoms with E-state index in [2.05, 4.69) is 10.6 Å². The van der Waals surface area contributed by atoms with Gasteiger partial charge in [-0.3, -0.25) is 9.59 Å². The fourth-order valence-electron chi connectivity index (χ4n) is 2.14. The largest absolute Gasteiger partial charge is 0.347 e. The highest BCUT2D eigenvalue weighted by Gasteiger charge is 2.11. The van der Waals surface area contributed by atoms with Gasteiger partial charge in [0.15, 0.2) is 0 Å². The zero-order chi connectivity index (χ0) is 15.4. The zero-order valence-corrected chi connectivity index (χ0v) is 12.4. The second-order valence-electron chi connectivity index (χ2n) is 5.00. The monoisotopic (exact) mass is 285 g/mol. The minimum absolute atomic E-state index is 0.0578. The van der Waals surface area contributed by atoms with Crippen LogP contribution < -0.4 is 10.6 Å². The summed E-state index contributed by atoms with van der Waals surface area (Å²) in [5.74, 6) is -0.505. The van der Waals surface area contributed by atoms with Gasteiger partial charge < -0.3 is 15.2 Å². The van der Waals surface area contributed by atoms with E-state index in [1.807, 2.05) is 32.0 Å². The van der Waals surface area contributed by atoms with Gasteiger partial charge >= 0.3 is 0 Å². The van der Waals surface area contributed by atoms with Gasteiger partial charge in [-0.2, -0.15) is 0 Å². The van der Waals surface area contributed by atoms with Crippen LogP contribution in [-0.4, -0.2) is 22.9 Å². The van der Waals surface area contributed by atoms with Gasteiger partial charge in [0.1, 0.15) is 5.69 Å². The van der Waals surface area contributed by atoms with Gasteiger partial charge in [0, 0.05) is 18.9 Å². The fourth-order valence-corrected chi connectivity index (χ4v) is 2.14. The number of aryl methyl sites for hydroxylation is 3. The molecular formula is C16H19N3O2. The molecule has 110 valence electrons. The van der Waals surface area contributed by atoms with Crippen molar-refractivity contribution in [3.8, 4) is 0 Å². The maximum Gasteiger partial charge on any atom is 0.268 e. The molecule has 1 aromatic heterocycles. The van der Waals surface area contributed by atoms with Crippen molar-refractivity contribution < 1.29 is 9.59 Å². The summed E-state index contributed by atoms with van der Waals surface area (Å²) in [6, 6.07) is 9.30. The van der Waals surface area contributed by atoms with E-state index in [9.17, 15) is 9.59 Å². The molecule has 0 atom stereocenters. The van der Waals surface area contributed by atoms with E-state index in [0.717, 1.165) is 16.8 Å². The molecule has 21 heavy (non-hydrogen) atoms. The Morgan fingerprint density at radius 1 is 1.10 bits per heavy atom. The van der Waals surface area contributed by atoms with Gasteiger partial charge in [0.05, 0.1) is 6.54 Å². The van der Waals surface area contributed by atoms with E-state index in [1.165, 1.54) is 0 Å². The highest BCUT2D eigenvalue weighted by molar-refractivity contribution is 5.99. The first-order valence-corrected chi connectivity index (χ1v) is 6.74. The predicted octanol–water partition coefficient (Wildman–Crippen LogP) is 2.01. The average molecular weight is 285 g/mol. The Morgan fingerprint density at radius 3 is 2.33 bits per heavy atom. The Bertz CT molecular complexity index is 654. The first-order chi connectivity index (χ1) is 9.99. The van der Waals surface area contributed by atoms with Crippen LogP contribution in [0.5, 0.6) is 0 Å². The van der Waals surface area contributed by atoms with Crippen molar-refractivity contribution >= 4 is 17.5 Å². The minimum Gasteiger partial charge on any atom is -0.347 e. The van der Waals surface area contributed by atoms with Gasteiger partial charge in [-0.15, -0.1) is 0 Å². The summed E-state index contributed by atoms with van der Waals surface area (Å²) >= 11 is 0. The topological polar surface area (TPSA) is 63.1 Å². The van der Waals surface area contributed by atoms with E-state index < -0.39 is 0 Å². The molecule has 2 aromatic rings. The number of nitrogens with zero attached hydrogens (tertiary/aromatic N) is 1. The SMILES string of the molecule is Cc1cccc(C)c1NC(=O)CNC(=O)c1cccn1C. The summed E-state index contributed by atoms with van der Waals surface area (Å²) in [6.45, 7) is 3.81. The molecule has 2 N–H and O–H groups in total. The summed E-state index contributed by atoms with van der Waals surface area (Å²) in [4.78, 5) is 23.8. The number of para-hydroxylation sites is 1. The van der Waals surface area contributed by atoms with Crippen molar-refractivity contribution in [2.75, 3.05) is 11.9 Å².